The molecule has 2 rings (SSSR count). The average molecular weight is 214 g/mol. The van der Waals surface area contributed by atoms with Crippen LogP contribution in [0.3, 0.4) is 0 Å². The summed E-state index contributed by atoms with van der Waals surface area (Å²) in [6.07, 6.45) is 3.05. The van der Waals surface area contributed by atoms with E-state index in [-0.39, 0.29) is 0 Å². The van der Waals surface area contributed by atoms with E-state index in [0.29, 0.717) is 6.10 Å². The van der Waals surface area contributed by atoms with E-state index in [2.05, 4.69) is 16.8 Å². The molecule has 0 N–H and O–H groups in total. The Morgan fingerprint density at radius 3 is 2.00 bits per heavy atom. The molecule has 0 bridgehead atoms. The third-order valence-corrected chi connectivity index (χ3v) is 3.46. The van der Waals surface area contributed by atoms with Gasteiger partial charge in [0.1, 0.15) is 0 Å². The molecule has 15 heavy (non-hydrogen) atoms. The predicted octanol–water partition coefficient (Wildman–Crippen LogP) is 1.44. The minimum Gasteiger partial charge on any atom is -0.381 e. The Labute approximate surface area is 94.4 Å². The maximum absolute atomic E-state index is 5.29. The van der Waals surface area contributed by atoms with Gasteiger partial charge in [0.05, 0.1) is 6.10 Å². The zero-order valence-corrected chi connectivity index (χ0v) is 10.7. The first-order valence-corrected chi connectivity index (χ1v) is 6.25. The van der Waals surface area contributed by atoms with Crippen LogP contribution in [0, 0.1) is 0 Å². The van der Waals surface area contributed by atoms with Crippen LogP contribution >= 0.6 is 0 Å². The van der Waals surface area contributed by atoms with E-state index >= 15 is 0 Å². The molecule has 0 radical (unpaired) electrons. The second-order valence-corrected chi connectivity index (χ2v) is 4.32. The highest BCUT2D eigenvalue weighted by molar-refractivity contribution is 4.89. The number of nitrogens with zero attached hydrogens (tertiary/aromatic N) is 2. The molecule has 1 saturated carbocycles. The van der Waals surface area contributed by atoms with E-state index in [4.69, 9.17) is 4.74 Å². The number of hydrogen-bond donors (Lipinski definition) is 0. The Morgan fingerprint density at radius 1 is 1.00 bits per heavy atom. The van der Waals surface area contributed by atoms with Gasteiger partial charge >= 0.3 is 0 Å². The molecular weight excluding hydrogens is 188 g/mol. The maximum Gasteiger partial charge on any atom is 0.0601 e. The molecule has 1 aliphatic carbocycles. The molecule has 3 nitrogen and oxygen atoms in total. The van der Waals surface area contributed by atoms with Crippen LogP contribution in [0.15, 0.2) is 0 Å². The number of rotatable bonds is 2. The molecule has 0 atom stereocenters. The van der Waals surface area contributed by atoms with Crippen molar-refractivity contribution in [3.63, 3.8) is 0 Å². The van der Waals surface area contributed by atoms with Crippen LogP contribution in [0.1, 0.15) is 26.7 Å². The zero-order valence-electron chi connectivity index (χ0n) is 10.7. The smallest absolute Gasteiger partial charge is 0.0601 e. The lowest BCUT2D eigenvalue weighted by Crippen LogP contribution is -2.54. The standard InChI is InChI=1S/C10H20N2O.C2H6/c1-11-3-5-12(6-4-11)9-7-10(8-9)13-2;1-2/h9-10H,3-8H2,1-2H3;1-2H3. The van der Waals surface area contributed by atoms with Crippen molar-refractivity contribution < 1.29 is 4.74 Å². The molecule has 0 spiro atoms. The van der Waals surface area contributed by atoms with Gasteiger partial charge in [-0.25, -0.2) is 0 Å². The van der Waals surface area contributed by atoms with Crippen molar-refractivity contribution in [3.8, 4) is 0 Å². The summed E-state index contributed by atoms with van der Waals surface area (Å²) in [4.78, 5) is 5.03. The second kappa shape index (κ2) is 6.46. The minimum atomic E-state index is 0.546. The summed E-state index contributed by atoms with van der Waals surface area (Å²) in [5, 5.41) is 0. The molecule has 0 aromatic carbocycles. The van der Waals surface area contributed by atoms with E-state index in [9.17, 15) is 0 Å². The number of ether oxygens (including phenoxy) is 1. The van der Waals surface area contributed by atoms with Crippen LogP contribution in [-0.4, -0.2) is 62.3 Å². The molecule has 0 aromatic rings. The number of hydrogen-bond acceptors (Lipinski definition) is 3. The average Bonchev–Trinajstić information content (AvgIpc) is 2.22. The van der Waals surface area contributed by atoms with Crippen molar-refractivity contribution in [2.24, 2.45) is 0 Å². The quantitative estimate of drug-likeness (QED) is 0.692. The van der Waals surface area contributed by atoms with Gasteiger partial charge in [0.15, 0.2) is 0 Å². The molecule has 1 aliphatic heterocycles. The normalized spacial score (nSPS) is 32.8. The highest BCUT2D eigenvalue weighted by atomic mass is 16.5. The van der Waals surface area contributed by atoms with Gasteiger partial charge in [-0.05, 0) is 19.9 Å². The van der Waals surface area contributed by atoms with Gasteiger partial charge in [0.25, 0.3) is 0 Å². The van der Waals surface area contributed by atoms with Gasteiger partial charge in [-0.2, -0.15) is 0 Å². The van der Waals surface area contributed by atoms with E-state index in [0.717, 1.165) is 6.04 Å². The van der Waals surface area contributed by atoms with Gasteiger partial charge in [0, 0.05) is 39.3 Å². The molecule has 2 aliphatic rings. The Morgan fingerprint density at radius 2 is 1.53 bits per heavy atom. The van der Waals surface area contributed by atoms with Crippen molar-refractivity contribution in [2.75, 3.05) is 40.3 Å². The van der Waals surface area contributed by atoms with E-state index < -0.39 is 0 Å². The van der Waals surface area contributed by atoms with E-state index in [1.165, 1.54) is 39.0 Å². The lowest BCUT2D eigenvalue weighted by atomic mass is 9.87. The van der Waals surface area contributed by atoms with Gasteiger partial charge in [-0.15, -0.1) is 0 Å². The number of piperazine rings is 1. The largest absolute Gasteiger partial charge is 0.381 e. The summed E-state index contributed by atoms with van der Waals surface area (Å²) >= 11 is 0. The lowest BCUT2D eigenvalue weighted by molar-refractivity contribution is -0.0381. The summed E-state index contributed by atoms with van der Waals surface area (Å²) in [5.74, 6) is 0. The Kier molecular flexibility index (Phi) is 5.58. The van der Waals surface area contributed by atoms with Gasteiger partial charge in [-0.1, -0.05) is 13.8 Å². The van der Waals surface area contributed by atoms with Crippen molar-refractivity contribution >= 4 is 0 Å². The summed E-state index contributed by atoms with van der Waals surface area (Å²) in [6, 6.07) is 0.818. The molecule has 0 amide bonds. The van der Waals surface area contributed by atoms with E-state index in [1.807, 2.05) is 21.0 Å². The molecule has 0 aromatic heterocycles. The first-order valence-electron chi connectivity index (χ1n) is 6.25. The first-order chi connectivity index (χ1) is 7.29. The lowest BCUT2D eigenvalue weighted by Gasteiger charge is -2.45. The van der Waals surface area contributed by atoms with Gasteiger partial charge in [-0.3, -0.25) is 4.90 Å². The second-order valence-electron chi connectivity index (χ2n) is 4.32. The van der Waals surface area contributed by atoms with Crippen LogP contribution < -0.4 is 0 Å². The molecule has 1 saturated heterocycles. The maximum atomic E-state index is 5.29. The van der Waals surface area contributed by atoms with E-state index in [1.54, 1.807) is 0 Å². The summed E-state index contributed by atoms with van der Waals surface area (Å²) in [7, 11) is 4.03. The SMILES string of the molecule is CC.COC1CC(N2CCN(C)CC2)C1. The third-order valence-electron chi connectivity index (χ3n) is 3.46. The summed E-state index contributed by atoms with van der Waals surface area (Å²) < 4.78 is 5.29. The Balaban J connectivity index is 0.000000531. The van der Waals surface area contributed by atoms with Crippen molar-refractivity contribution in [1.29, 1.82) is 0 Å². The van der Waals surface area contributed by atoms with Crippen LogP contribution in [0.25, 0.3) is 0 Å². The molecule has 0 unspecified atom stereocenters. The molecule has 90 valence electrons. The van der Waals surface area contributed by atoms with Crippen molar-refractivity contribution in [1.82, 2.24) is 9.80 Å². The van der Waals surface area contributed by atoms with Gasteiger partial charge < -0.3 is 9.64 Å². The van der Waals surface area contributed by atoms with Gasteiger partial charge in [0.2, 0.25) is 0 Å². The fourth-order valence-electron chi connectivity index (χ4n) is 2.22. The van der Waals surface area contributed by atoms with Crippen LogP contribution in [0.5, 0.6) is 0 Å². The molecular formula is C12H26N2O. The molecule has 2 fully saturated rings. The summed E-state index contributed by atoms with van der Waals surface area (Å²) in [5.41, 5.74) is 0. The van der Waals surface area contributed by atoms with Crippen molar-refractivity contribution in [3.05, 3.63) is 0 Å². The molecule has 1 heterocycles. The Bertz CT molecular complexity index is 161. The first kappa shape index (κ1) is 12.9. The summed E-state index contributed by atoms with van der Waals surface area (Å²) in [6.45, 7) is 8.96. The number of likely N-dealkylation sites (N-methyl/N-ethyl adjacent to an activating group) is 1. The predicted molar refractivity (Wildman–Crippen MR) is 64.2 cm³/mol. The topological polar surface area (TPSA) is 15.7 Å². The highest BCUT2D eigenvalue weighted by Gasteiger charge is 2.34. The third kappa shape index (κ3) is 3.44. The Hall–Kier alpha value is -0.120. The monoisotopic (exact) mass is 214 g/mol. The fraction of sp³-hybridized carbons (Fsp3) is 1.00. The van der Waals surface area contributed by atoms with Crippen LogP contribution in [-0.2, 0) is 4.74 Å². The minimum absolute atomic E-state index is 0.546. The van der Waals surface area contributed by atoms with Crippen LogP contribution in [0.2, 0.25) is 0 Å². The number of methoxy groups -OCH3 is 1. The highest BCUT2D eigenvalue weighted by Crippen LogP contribution is 2.28. The molecule has 3 heteroatoms. The zero-order chi connectivity index (χ0) is 11.3. The van der Waals surface area contributed by atoms with Crippen molar-refractivity contribution in [2.45, 2.75) is 38.8 Å². The fourth-order valence-corrected chi connectivity index (χ4v) is 2.22. The van der Waals surface area contributed by atoms with Crippen LogP contribution in [0.4, 0.5) is 0 Å².